The Balaban J connectivity index is 1.94. The standard InChI is InChI=1S/C16H16N4O2/c1-11-15(12(2)22-18-11)19(3)16(21)13-6-4-7-14(10-13)20-9-5-8-17-20/h4-10H,1-3H3. The monoisotopic (exact) mass is 296 g/mol. The minimum absolute atomic E-state index is 0.122. The number of aryl methyl sites for hydroxylation is 2. The van der Waals surface area contributed by atoms with Gasteiger partial charge in [-0.15, -0.1) is 0 Å². The molecule has 1 amide bonds. The maximum Gasteiger partial charge on any atom is 0.258 e. The van der Waals surface area contributed by atoms with Gasteiger partial charge in [-0.25, -0.2) is 4.68 Å². The summed E-state index contributed by atoms with van der Waals surface area (Å²) in [7, 11) is 1.72. The van der Waals surface area contributed by atoms with E-state index < -0.39 is 0 Å². The Bertz CT molecular complexity index is 786. The maximum atomic E-state index is 12.7. The smallest absolute Gasteiger partial charge is 0.258 e. The van der Waals surface area contributed by atoms with Gasteiger partial charge in [-0.05, 0) is 38.1 Å². The Morgan fingerprint density at radius 1 is 1.27 bits per heavy atom. The Morgan fingerprint density at radius 2 is 2.09 bits per heavy atom. The molecule has 0 aliphatic carbocycles. The van der Waals surface area contributed by atoms with Gasteiger partial charge in [0.05, 0.1) is 5.69 Å². The summed E-state index contributed by atoms with van der Waals surface area (Å²) in [5.41, 5.74) is 2.81. The molecule has 0 aliphatic heterocycles. The number of amides is 1. The van der Waals surface area contributed by atoms with Gasteiger partial charge in [0.2, 0.25) is 0 Å². The molecule has 0 unspecified atom stereocenters. The number of benzene rings is 1. The highest BCUT2D eigenvalue weighted by Crippen LogP contribution is 2.24. The van der Waals surface area contributed by atoms with Crippen LogP contribution >= 0.6 is 0 Å². The number of carbonyl (C=O) groups excluding carboxylic acids is 1. The molecule has 0 atom stereocenters. The van der Waals surface area contributed by atoms with Crippen LogP contribution in [-0.4, -0.2) is 27.9 Å². The predicted octanol–water partition coefficient (Wildman–Crippen LogP) is 2.75. The van der Waals surface area contributed by atoms with Crippen molar-refractivity contribution in [2.45, 2.75) is 13.8 Å². The summed E-state index contributed by atoms with van der Waals surface area (Å²) in [5, 5.41) is 8.07. The largest absolute Gasteiger partial charge is 0.359 e. The zero-order chi connectivity index (χ0) is 15.7. The van der Waals surface area contributed by atoms with E-state index in [1.165, 1.54) is 0 Å². The molecule has 2 heterocycles. The third-order valence-corrected chi connectivity index (χ3v) is 3.50. The van der Waals surface area contributed by atoms with Crippen LogP contribution < -0.4 is 4.90 Å². The van der Waals surface area contributed by atoms with Gasteiger partial charge < -0.3 is 9.42 Å². The molecule has 22 heavy (non-hydrogen) atoms. The number of aromatic nitrogens is 3. The van der Waals surface area contributed by atoms with E-state index in [9.17, 15) is 4.79 Å². The second-order valence-electron chi connectivity index (χ2n) is 5.04. The van der Waals surface area contributed by atoms with Crippen LogP contribution in [0.2, 0.25) is 0 Å². The summed E-state index contributed by atoms with van der Waals surface area (Å²) in [6, 6.07) is 9.17. The highest BCUT2D eigenvalue weighted by atomic mass is 16.5. The number of rotatable bonds is 3. The molecule has 0 aliphatic rings. The van der Waals surface area contributed by atoms with Crippen molar-refractivity contribution in [1.29, 1.82) is 0 Å². The third-order valence-electron chi connectivity index (χ3n) is 3.50. The van der Waals surface area contributed by atoms with Crippen LogP contribution in [-0.2, 0) is 0 Å². The molecule has 0 spiro atoms. The molecule has 3 rings (SSSR count). The first kappa shape index (κ1) is 14.1. The van der Waals surface area contributed by atoms with Crippen molar-refractivity contribution in [3.8, 4) is 5.69 Å². The van der Waals surface area contributed by atoms with Crippen LogP contribution in [0.4, 0.5) is 5.69 Å². The fourth-order valence-electron chi connectivity index (χ4n) is 2.46. The number of carbonyl (C=O) groups is 1. The van der Waals surface area contributed by atoms with Crippen molar-refractivity contribution in [1.82, 2.24) is 14.9 Å². The molecule has 0 bridgehead atoms. The first-order valence-corrected chi connectivity index (χ1v) is 6.89. The van der Waals surface area contributed by atoms with E-state index in [0.717, 1.165) is 5.69 Å². The second kappa shape index (κ2) is 5.48. The fourth-order valence-corrected chi connectivity index (χ4v) is 2.46. The Kier molecular flexibility index (Phi) is 3.50. The van der Waals surface area contributed by atoms with Crippen LogP contribution in [0.25, 0.3) is 5.69 Å². The molecule has 0 saturated carbocycles. The molecular formula is C16H16N4O2. The lowest BCUT2D eigenvalue weighted by atomic mass is 10.1. The SMILES string of the molecule is Cc1noc(C)c1N(C)C(=O)c1cccc(-n2cccn2)c1. The zero-order valence-corrected chi connectivity index (χ0v) is 12.6. The van der Waals surface area contributed by atoms with Crippen molar-refractivity contribution in [2.75, 3.05) is 11.9 Å². The summed E-state index contributed by atoms with van der Waals surface area (Å²) in [6.07, 6.45) is 3.53. The van der Waals surface area contributed by atoms with Gasteiger partial charge in [-0.3, -0.25) is 4.79 Å². The average Bonchev–Trinajstić information content (AvgIpc) is 3.16. The molecule has 0 saturated heterocycles. The maximum absolute atomic E-state index is 12.7. The average molecular weight is 296 g/mol. The Morgan fingerprint density at radius 3 is 2.73 bits per heavy atom. The molecule has 3 aromatic rings. The molecule has 0 radical (unpaired) electrons. The molecule has 6 nitrogen and oxygen atoms in total. The Hall–Kier alpha value is -2.89. The predicted molar refractivity (Wildman–Crippen MR) is 82.3 cm³/mol. The molecule has 0 fully saturated rings. The summed E-state index contributed by atoms with van der Waals surface area (Å²) in [6.45, 7) is 3.61. The van der Waals surface area contributed by atoms with E-state index >= 15 is 0 Å². The van der Waals surface area contributed by atoms with Crippen LogP contribution in [0.3, 0.4) is 0 Å². The zero-order valence-electron chi connectivity index (χ0n) is 12.6. The first-order valence-electron chi connectivity index (χ1n) is 6.89. The summed E-state index contributed by atoms with van der Waals surface area (Å²) in [4.78, 5) is 14.3. The van der Waals surface area contributed by atoms with Gasteiger partial charge in [0.25, 0.3) is 5.91 Å². The molecule has 112 valence electrons. The fraction of sp³-hybridized carbons (Fsp3) is 0.188. The van der Waals surface area contributed by atoms with Crippen molar-refractivity contribution in [3.05, 3.63) is 59.7 Å². The molecule has 6 heteroatoms. The summed E-state index contributed by atoms with van der Waals surface area (Å²) < 4.78 is 6.84. The topological polar surface area (TPSA) is 64.2 Å². The summed E-state index contributed by atoms with van der Waals surface area (Å²) in [5.74, 6) is 0.500. The van der Waals surface area contributed by atoms with E-state index in [1.807, 2.05) is 37.4 Å². The van der Waals surface area contributed by atoms with Crippen molar-refractivity contribution >= 4 is 11.6 Å². The quantitative estimate of drug-likeness (QED) is 0.745. The lowest BCUT2D eigenvalue weighted by Crippen LogP contribution is -2.27. The summed E-state index contributed by atoms with van der Waals surface area (Å²) >= 11 is 0. The van der Waals surface area contributed by atoms with E-state index in [2.05, 4.69) is 10.3 Å². The van der Waals surface area contributed by atoms with Crippen LogP contribution in [0.5, 0.6) is 0 Å². The van der Waals surface area contributed by atoms with Crippen LogP contribution in [0.15, 0.2) is 47.2 Å². The van der Waals surface area contributed by atoms with Gasteiger partial charge >= 0.3 is 0 Å². The number of nitrogens with zero attached hydrogens (tertiary/aromatic N) is 4. The van der Waals surface area contributed by atoms with Gasteiger partial charge in [0.1, 0.15) is 11.4 Å². The van der Waals surface area contributed by atoms with Crippen molar-refractivity contribution in [2.24, 2.45) is 0 Å². The van der Waals surface area contributed by atoms with Gasteiger partial charge in [0.15, 0.2) is 5.76 Å². The van der Waals surface area contributed by atoms with Crippen LogP contribution in [0.1, 0.15) is 21.8 Å². The third kappa shape index (κ3) is 2.39. The van der Waals surface area contributed by atoms with E-state index in [4.69, 9.17) is 4.52 Å². The highest BCUT2D eigenvalue weighted by Gasteiger charge is 2.20. The lowest BCUT2D eigenvalue weighted by Gasteiger charge is -2.17. The lowest BCUT2D eigenvalue weighted by molar-refractivity contribution is 0.0992. The van der Waals surface area contributed by atoms with Crippen LogP contribution in [0, 0.1) is 13.8 Å². The molecule has 2 aromatic heterocycles. The number of anilines is 1. The number of hydrogen-bond donors (Lipinski definition) is 0. The normalized spacial score (nSPS) is 10.7. The van der Waals surface area contributed by atoms with E-state index in [1.54, 1.807) is 35.8 Å². The minimum Gasteiger partial charge on any atom is -0.359 e. The van der Waals surface area contributed by atoms with E-state index in [0.29, 0.717) is 22.7 Å². The highest BCUT2D eigenvalue weighted by molar-refractivity contribution is 6.06. The second-order valence-corrected chi connectivity index (χ2v) is 5.04. The molecule has 1 aromatic carbocycles. The van der Waals surface area contributed by atoms with E-state index in [-0.39, 0.29) is 5.91 Å². The van der Waals surface area contributed by atoms with Gasteiger partial charge in [-0.2, -0.15) is 5.10 Å². The van der Waals surface area contributed by atoms with Crippen molar-refractivity contribution < 1.29 is 9.32 Å². The van der Waals surface area contributed by atoms with Gasteiger partial charge in [0, 0.05) is 25.0 Å². The Labute approximate surface area is 127 Å². The minimum atomic E-state index is -0.122. The molecular weight excluding hydrogens is 280 g/mol. The first-order chi connectivity index (χ1) is 10.6. The number of hydrogen-bond acceptors (Lipinski definition) is 4. The molecule has 0 N–H and O–H groups in total. The van der Waals surface area contributed by atoms with Crippen molar-refractivity contribution in [3.63, 3.8) is 0 Å². The van der Waals surface area contributed by atoms with Gasteiger partial charge in [-0.1, -0.05) is 11.2 Å².